The first-order valence-electron chi connectivity index (χ1n) is 6.13. The fraction of sp³-hybridized carbons (Fsp3) is 0.667. The highest BCUT2D eigenvalue weighted by atomic mass is 79.9. The van der Waals surface area contributed by atoms with Crippen LogP contribution in [-0.2, 0) is 11.3 Å². The second-order valence-corrected chi connectivity index (χ2v) is 6.03. The number of aromatic nitrogens is 1. The minimum atomic E-state index is -0.0963. The predicted octanol–water partition coefficient (Wildman–Crippen LogP) is 1.41. The molecule has 1 aliphatic rings. The van der Waals surface area contributed by atoms with Gasteiger partial charge in [0, 0.05) is 32.2 Å². The molecule has 0 aliphatic carbocycles. The van der Waals surface area contributed by atoms with Crippen LogP contribution in [0.3, 0.4) is 0 Å². The molecule has 1 aromatic rings. The number of rotatable bonds is 3. The maximum atomic E-state index is 11.8. The van der Waals surface area contributed by atoms with Gasteiger partial charge in [-0.15, -0.1) is 0 Å². The second kappa shape index (κ2) is 5.84. The van der Waals surface area contributed by atoms with Gasteiger partial charge >= 0.3 is 0 Å². The van der Waals surface area contributed by atoms with Crippen molar-refractivity contribution in [3.05, 3.63) is 17.5 Å². The molecular formula is C12H18BrN3O2. The lowest BCUT2D eigenvalue weighted by atomic mass is 10.2. The van der Waals surface area contributed by atoms with E-state index < -0.39 is 0 Å². The number of hydrogen-bond donors (Lipinski definition) is 0. The van der Waals surface area contributed by atoms with E-state index >= 15 is 0 Å². The number of hydrogen-bond acceptors (Lipinski definition) is 4. The zero-order chi connectivity index (χ0) is 13.1. The van der Waals surface area contributed by atoms with Crippen molar-refractivity contribution in [3.63, 3.8) is 0 Å². The lowest BCUT2D eigenvalue weighted by Crippen LogP contribution is -2.49. The lowest BCUT2D eigenvalue weighted by molar-refractivity contribution is -0.132. The van der Waals surface area contributed by atoms with Crippen LogP contribution in [0.2, 0.25) is 0 Å². The molecular weight excluding hydrogens is 298 g/mol. The standard InChI is InChI=1S/C12H18BrN3O2/c1-9-7-11(18-14-9)8-15-3-5-16(6-4-15)12(17)10(2)13/h7,10H,3-6,8H2,1-2H3. The summed E-state index contributed by atoms with van der Waals surface area (Å²) >= 11 is 3.32. The Morgan fingerprint density at radius 2 is 2.17 bits per heavy atom. The fourth-order valence-electron chi connectivity index (χ4n) is 2.09. The van der Waals surface area contributed by atoms with Crippen LogP contribution < -0.4 is 0 Å². The van der Waals surface area contributed by atoms with E-state index in [2.05, 4.69) is 26.0 Å². The Morgan fingerprint density at radius 1 is 1.50 bits per heavy atom. The Bertz CT molecular complexity index is 411. The van der Waals surface area contributed by atoms with Gasteiger partial charge in [0.1, 0.15) is 0 Å². The Kier molecular flexibility index (Phi) is 4.40. The first-order chi connectivity index (χ1) is 8.56. The highest BCUT2D eigenvalue weighted by Crippen LogP contribution is 2.12. The number of halogens is 1. The normalized spacial score (nSPS) is 18.9. The second-order valence-electron chi connectivity index (χ2n) is 4.65. The van der Waals surface area contributed by atoms with E-state index in [0.717, 1.165) is 44.2 Å². The molecule has 18 heavy (non-hydrogen) atoms. The third-order valence-electron chi connectivity index (χ3n) is 3.08. The largest absolute Gasteiger partial charge is 0.360 e. The maximum Gasteiger partial charge on any atom is 0.236 e. The molecule has 1 unspecified atom stereocenters. The zero-order valence-corrected chi connectivity index (χ0v) is 12.3. The van der Waals surface area contributed by atoms with Gasteiger partial charge in [0.05, 0.1) is 17.1 Å². The third kappa shape index (κ3) is 3.32. The highest BCUT2D eigenvalue weighted by molar-refractivity contribution is 9.10. The van der Waals surface area contributed by atoms with Crippen LogP contribution in [0.25, 0.3) is 0 Å². The molecule has 5 nitrogen and oxygen atoms in total. The number of carbonyl (C=O) groups excluding carboxylic acids is 1. The van der Waals surface area contributed by atoms with Crippen molar-refractivity contribution in [2.75, 3.05) is 26.2 Å². The number of piperazine rings is 1. The summed E-state index contributed by atoms with van der Waals surface area (Å²) in [4.78, 5) is 15.9. The summed E-state index contributed by atoms with van der Waals surface area (Å²) in [5, 5.41) is 3.88. The van der Waals surface area contributed by atoms with E-state index in [0.29, 0.717) is 0 Å². The van der Waals surface area contributed by atoms with E-state index in [1.807, 2.05) is 24.8 Å². The fourth-order valence-corrected chi connectivity index (χ4v) is 2.38. The van der Waals surface area contributed by atoms with Gasteiger partial charge in [-0.05, 0) is 13.8 Å². The Balaban J connectivity index is 1.82. The van der Waals surface area contributed by atoms with Crippen molar-refractivity contribution < 1.29 is 9.32 Å². The summed E-state index contributed by atoms with van der Waals surface area (Å²) in [6.07, 6.45) is 0. The predicted molar refractivity (Wildman–Crippen MR) is 71.5 cm³/mol. The number of amides is 1. The van der Waals surface area contributed by atoms with E-state index in [1.165, 1.54) is 0 Å². The summed E-state index contributed by atoms with van der Waals surface area (Å²) in [6, 6.07) is 1.96. The molecule has 2 rings (SSSR count). The Labute approximate surface area is 115 Å². The van der Waals surface area contributed by atoms with Crippen LogP contribution in [0.5, 0.6) is 0 Å². The van der Waals surface area contributed by atoms with Gasteiger partial charge < -0.3 is 9.42 Å². The molecule has 0 aromatic carbocycles. The quantitative estimate of drug-likeness (QED) is 0.791. The number of carbonyl (C=O) groups is 1. The van der Waals surface area contributed by atoms with Crippen molar-refractivity contribution in [1.82, 2.24) is 15.0 Å². The van der Waals surface area contributed by atoms with Crippen LogP contribution in [0.15, 0.2) is 10.6 Å². The minimum absolute atomic E-state index is 0.0963. The van der Waals surface area contributed by atoms with Gasteiger partial charge in [-0.2, -0.15) is 0 Å². The van der Waals surface area contributed by atoms with Gasteiger partial charge in [-0.3, -0.25) is 9.69 Å². The van der Waals surface area contributed by atoms with Crippen LogP contribution >= 0.6 is 15.9 Å². The average Bonchev–Trinajstić information content (AvgIpc) is 2.75. The van der Waals surface area contributed by atoms with Gasteiger partial charge in [0.2, 0.25) is 5.91 Å². The Morgan fingerprint density at radius 3 is 2.67 bits per heavy atom. The molecule has 0 saturated carbocycles. The third-order valence-corrected chi connectivity index (χ3v) is 3.47. The molecule has 6 heteroatoms. The molecule has 2 heterocycles. The molecule has 1 aliphatic heterocycles. The number of aryl methyl sites for hydroxylation is 1. The summed E-state index contributed by atoms with van der Waals surface area (Å²) in [5.74, 6) is 1.06. The van der Waals surface area contributed by atoms with E-state index in [9.17, 15) is 4.79 Å². The van der Waals surface area contributed by atoms with Crippen LogP contribution in [0.1, 0.15) is 18.4 Å². The lowest BCUT2D eigenvalue weighted by Gasteiger charge is -2.34. The number of nitrogens with zero attached hydrogens (tertiary/aromatic N) is 3. The molecule has 1 aromatic heterocycles. The van der Waals surface area contributed by atoms with E-state index in [4.69, 9.17) is 4.52 Å². The van der Waals surface area contributed by atoms with Crippen LogP contribution in [0, 0.1) is 6.92 Å². The van der Waals surface area contributed by atoms with Crippen LogP contribution in [-0.4, -0.2) is 51.9 Å². The Hall–Kier alpha value is -0.880. The van der Waals surface area contributed by atoms with Crippen molar-refractivity contribution in [2.45, 2.75) is 25.2 Å². The topological polar surface area (TPSA) is 49.6 Å². The molecule has 1 saturated heterocycles. The molecule has 0 bridgehead atoms. The molecule has 1 atom stereocenters. The monoisotopic (exact) mass is 315 g/mol. The minimum Gasteiger partial charge on any atom is -0.360 e. The smallest absolute Gasteiger partial charge is 0.236 e. The van der Waals surface area contributed by atoms with Crippen LogP contribution in [0.4, 0.5) is 0 Å². The molecule has 100 valence electrons. The first kappa shape index (κ1) is 13.5. The molecule has 0 N–H and O–H groups in total. The van der Waals surface area contributed by atoms with Gasteiger partial charge in [0.25, 0.3) is 0 Å². The summed E-state index contributed by atoms with van der Waals surface area (Å²) in [5.41, 5.74) is 0.909. The summed E-state index contributed by atoms with van der Waals surface area (Å²) < 4.78 is 5.20. The molecule has 1 fully saturated rings. The summed E-state index contributed by atoms with van der Waals surface area (Å²) in [7, 11) is 0. The van der Waals surface area contributed by atoms with Gasteiger partial charge in [0.15, 0.2) is 5.76 Å². The van der Waals surface area contributed by atoms with Gasteiger partial charge in [-0.1, -0.05) is 21.1 Å². The molecule has 0 radical (unpaired) electrons. The highest BCUT2D eigenvalue weighted by Gasteiger charge is 2.23. The molecule has 0 spiro atoms. The number of alkyl halides is 1. The van der Waals surface area contributed by atoms with E-state index in [-0.39, 0.29) is 10.7 Å². The van der Waals surface area contributed by atoms with E-state index in [1.54, 1.807) is 0 Å². The van der Waals surface area contributed by atoms with Crippen molar-refractivity contribution >= 4 is 21.8 Å². The first-order valence-corrected chi connectivity index (χ1v) is 7.05. The zero-order valence-electron chi connectivity index (χ0n) is 10.7. The average molecular weight is 316 g/mol. The molecule has 1 amide bonds. The van der Waals surface area contributed by atoms with Crippen molar-refractivity contribution in [1.29, 1.82) is 0 Å². The van der Waals surface area contributed by atoms with Crippen molar-refractivity contribution in [3.8, 4) is 0 Å². The maximum absolute atomic E-state index is 11.8. The SMILES string of the molecule is Cc1cc(CN2CCN(C(=O)C(C)Br)CC2)on1. The van der Waals surface area contributed by atoms with Gasteiger partial charge in [-0.25, -0.2) is 0 Å². The van der Waals surface area contributed by atoms with Crippen molar-refractivity contribution in [2.24, 2.45) is 0 Å². The summed E-state index contributed by atoms with van der Waals surface area (Å²) in [6.45, 7) is 7.87.